The highest BCUT2D eigenvalue weighted by atomic mass is 32.1. The molecule has 16 nitrogen and oxygen atoms in total. The normalized spacial score (nSPS) is 16.7. The van der Waals surface area contributed by atoms with E-state index in [2.05, 4.69) is 61.0 Å². The van der Waals surface area contributed by atoms with Gasteiger partial charge in [0.25, 0.3) is 5.91 Å². The van der Waals surface area contributed by atoms with E-state index in [1.54, 1.807) is 41.5 Å². The molecule has 3 aromatic rings. The number of aromatic nitrogens is 1. The minimum absolute atomic E-state index is 0.00673. The number of oxime groups is 1. The van der Waals surface area contributed by atoms with E-state index in [0.29, 0.717) is 6.54 Å². The Morgan fingerprint density at radius 2 is 1.48 bits per heavy atom. The van der Waals surface area contributed by atoms with Gasteiger partial charge in [0.15, 0.2) is 10.8 Å². The van der Waals surface area contributed by atoms with Crippen molar-refractivity contribution in [2.45, 2.75) is 90.2 Å². The summed E-state index contributed by atoms with van der Waals surface area (Å²) in [6.45, 7) is 14.2. The summed E-state index contributed by atoms with van der Waals surface area (Å²) in [6.07, 6.45) is -1.30. The largest absolute Gasteiger partial charge is 0.457 e. The molecule has 1 aromatic heterocycles. The smallest absolute Gasteiger partial charge is 0.413 e. The first kappa shape index (κ1) is 41.6. The third kappa shape index (κ3) is 10.8. The van der Waals surface area contributed by atoms with Crippen LogP contribution in [0.5, 0.6) is 0 Å². The quantitative estimate of drug-likeness (QED) is 0.0385. The summed E-state index contributed by atoms with van der Waals surface area (Å²) < 4.78 is 16.3. The molecule has 0 radical (unpaired) electrons. The molecule has 5 N–H and O–H groups in total. The van der Waals surface area contributed by atoms with Crippen LogP contribution in [0.1, 0.15) is 78.1 Å². The van der Waals surface area contributed by atoms with E-state index in [1.165, 1.54) is 19.2 Å². The van der Waals surface area contributed by atoms with Crippen molar-refractivity contribution in [3.63, 3.8) is 0 Å². The zero-order valence-corrected chi connectivity index (χ0v) is 33.6. The van der Waals surface area contributed by atoms with Gasteiger partial charge in [0.1, 0.15) is 29.5 Å². The monoisotopic (exact) mass is 791 g/mol. The molecular formula is C39H49N7O9S. The number of carbonyl (C=O) groups excluding carboxylic acids is 5. The van der Waals surface area contributed by atoms with E-state index in [0.717, 1.165) is 33.6 Å². The number of amides is 4. The second-order valence-electron chi connectivity index (χ2n) is 15.7. The van der Waals surface area contributed by atoms with Gasteiger partial charge in [0.05, 0.1) is 6.04 Å². The lowest BCUT2D eigenvalue weighted by Gasteiger charge is -2.37. The van der Waals surface area contributed by atoms with Gasteiger partial charge in [-0.2, -0.15) is 0 Å². The first-order valence-electron chi connectivity index (χ1n) is 18.2. The Hall–Kier alpha value is -5.55. The average Bonchev–Trinajstić information content (AvgIpc) is 3.69. The number of thiazole rings is 1. The predicted octanol–water partition coefficient (Wildman–Crippen LogP) is 4.44. The van der Waals surface area contributed by atoms with Gasteiger partial charge in [0, 0.05) is 30.9 Å². The number of β-lactam (4-membered cyclic amide) rings is 1. The second-order valence-corrected chi connectivity index (χ2v) is 16.6. The van der Waals surface area contributed by atoms with E-state index in [1.807, 2.05) is 24.3 Å². The molecule has 17 heteroatoms. The molecular weight excluding hydrogens is 743 g/mol. The fraction of sp³-hybridized carbons (Fsp3) is 0.462. The molecule has 300 valence electrons. The van der Waals surface area contributed by atoms with Gasteiger partial charge in [-0.25, -0.2) is 19.4 Å². The van der Waals surface area contributed by atoms with E-state index in [9.17, 15) is 24.0 Å². The number of fused-ring (bicyclic) bond motifs is 3. The summed E-state index contributed by atoms with van der Waals surface area (Å²) in [7, 11) is 0. The number of anilines is 1. The van der Waals surface area contributed by atoms with Crippen LogP contribution in [0.25, 0.3) is 11.1 Å². The molecule has 2 heterocycles. The van der Waals surface area contributed by atoms with Gasteiger partial charge >= 0.3 is 18.2 Å². The number of benzene rings is 2. The van der Waals surface area contributed by atoms with Crippen LogP contribution in [0.2, 0.25) is 0 Å². The number of esters is 1. The molecule has 2 atom stereocenters. The minimum Gasteiger partial charge on any atom is -0.457 e. The molecule has 0 spiro atoms. The van der Waals surface area contributed by atoms with E-state index < -0.39 is 58.9 Å². The number of nitrogens with zero attached hydrogens (tertiary/aromatic N) is 2. The van der Waals surface area contributed by atoms with Crippen molar-refractivity contribution in [2.24, 2.45) is 5.16 Å². The van der Waals surface area contributed by atoms with Crippen molar-refractivity contribution in [1.29, 1.82) is 0 Å². The Bertz CT molecular complexity index is 1940. The summed E-state index contributed by atoms with van der Waals surface area (Å²) in [6, 6.07) is 14.7. The fourth-order valence-corrected chi connectivity index (χ4v) is 6.46. The fourth-order valence-electron chi connectivity index (χ4n) is 5.78. The van der Waals surface area contributed by atoms with Crippen molar-refractivity contribution in [1.82, 2.24) is 26.3 Å². The SMILES string of the molecule is CC(C)(C)OC(=O)Nc1nc(/C(=N/OC(C)(C)C(=O)OC(C)(C)C)C(=O)N[C@@H]2C(=O)N[C@@H]2CNCCNC(=O)OCC2c3ccccc3-c3ccccc32)cs1. The van der Waals surface area contributed by atoms with Gasteiger partial charge < -0.3 is 40.3 Å². The molecule has 56 heavy (non-hydrogen) atoms. The Morgan fingerprint density at radius 1 is 0.857 bits per heavy atom. The zero-order valence-electron chi connectivity index (χ0n) is 32.7. The highest BCUT2D eigenvalue weighted by Crippen LogP contribution is 2.44. The van der Waals surface area contributed by atoms with Crippen LogP contribution in [0.15, 0.2) is 59.1 Å². The average molecular weight is 792 g/mol. The Labute approximate surface area is 329 Å². The van der Waals surface area contributed by atoms with Crippen molar-refractivity contribution >= 4 is 52.2 Å². The Morgan fingerprint density at radius 3 is 2.09 bits per heavy atom. The number of hydrogen-bond acceptors (Lipinski definition) is 13. The van der Waals surface area contributed by atoms with Crippen LogP contribution >= 0.6 is 11.3 Å². The molecule has 4 amide bonds. The highest BCUT2D eigenvalue weighted by Gasteiger charge is 2.42. The number of ether oxygens (including phenoxy) is 3. The van der Waals surface area contributed by atoms with Crippen LogP contribution in [0.3, 0.4) is 0 Å². The molecule has 1 fully saturated rings. The van der Waals surface area contributed by atoms with Crippen LogP contribution in [0, 0.1) is 0 Å². The van der Waals surface area contributed by atoms with Gasteiger partial charge in [0.2, 0.25) is 11.5 Å². The number of carbonyl (C=O) groups is 5. The van der Waals surface area contributed by atoms with Crippen molar-refractivity contribution < 1.29 is 43.0 Å². The number of nitrogens with one attached hydrogen (secondary N) is 5. The molecule has 1 saturated heterocycles. The summed E-state index contributed by atoms with van der Waals surface area (Å²) in [5.74, 6) is -2.03. The molecule has 2 aromatic carbocycles. The topological polar surface area (TPSA) is 208 Å². The summed E-state index contributed by atoms with van der Waals surface area (Å²) in [5.41, 5.74) is 0.997. The molecule has 0 bridgehead atoms. The number of alkyl carbamates (subject to hydrolysis) is 1. The summed E-state index contributed by atoms with van der Waals surface area (Å²) in [4.78, 5) is 73.8. The molecule has 1 aliphatic carbocycles. The number of hydrogen-bond donors (Lipinski definition) is 5. The van der Waals surface area contributed by atoms with Crippen molar-refractivity contribution in [2.75, 3.05) is 31.6 Å². The van der Waals surface area contributed by atoms with Crippen LogP contribution < -0.4 is 26.6 Å². The Kier molecular flexibility index (Phi) is 12.7. The maximum Gasteiger partial charge on any atom is 0.413 e. The summed E-state index contributed by atoms with van der Waals surface area (Å²) in [5, 5.41) is 19.4. The summed E-state index contributed by atoms with van der Waals surface area (Å²) >= 11 is 0.999. The lowest BCUT2D eigenvalue weighted by Crippen LogP contribution is -2.72. The molecule has 5 rings (SSSR count). The van der Waals surface area contributed by atoms with E-state index >= 15 is 0 Å². The lowest BCUT2D eigenvalue weighted by molar-refractivity contribution is -0.179. The first-order chi connectivity index (χ1) is 26.3. The van der Waals surface area contributed by atoms with Crippen molar-refractivity contribution in [3.05, 3.63) is 70.7 Å². The van der Waals surface area contributed by atoms with Gasteiger partial charge in [-0.05, 0) is 77.6 Å². The van der Waals surface area contributed by atoms with E-state index in [-0.39, 0.29) is 42.2 Å². The van der Waals surface area contributed by atoms with Crippen LogP contribution in [-0.4, -0.2) is 95.8 Å². The van der Waals surface area contributed by atoms with Gasteiger partial charge in [-0.15, -0.1) is 11.3 Å². The third-order valence-corrected chi connectivity index (χ3v) is 9.16. The van der Waals surface area contributed by atoms with Crippen LogP contribution in [-0.2, 0) is 33.4 Å². The maximum atomic E-state index is 13.7. The van der Waals surface area contributed by atoms with E-state index in [4.69, 9.17) is 19.0 Å². The standard InChI is InChI=1S/C39H49N7O9S/c1-37(2,3)53-33(49)39(7,8)55-46-30(28-21-56-34(43-28)45-36(51)54-38(4,5)6)32(48)44-29-27(42-31(29)47)19-40-17-18-41-35(50)52-20-26-24-15-11-9-13-22(24)23-14-10-12-16-25(23)26/h9-16,21,26-27,29,40H,17-20H2,1-8H3,(H,41,50)(H,42,47)(H,44,48)(H,43,45,51)/b46-30-/t27-,29+/m1/s1. The molecule has 0 unspecified atom stereocenters. The first-order valence-corrected chi connectivity index (χ1v) is 19.1. The van der Waals surface area contributed by atoms with Gasteiger partial charge in [-0.1, -0.05) is 53.7 Å². The molecule has 2 aliphatic rings. The molecule has 0 saturated carbocycles. The second kappa shape index (κ2) is 17.1. The third-order valence-electron chi connectivity index (χ3n) is 8.40. The van der Waals surface area contributed by atoms with Crippen molar-refractivity contribution in [3.8, 4) is 11.1 Å². The lowest BCUT2D eigenvalue weighted by atomic mass is 9.98. The van der Waals surface area contributed by atoms with Gasteiger partial charge in [-0.3, -0.25) is 14.9 Å². The minimum atomic E-state index is -1.61. The molecule has 1 aliphatic heterocycles. The number of rotatable bonds is 14. The Balaban J connectivity index is 1.14. The van der Waals surface area contributed by atoms with Crippen LogP contribution in [0.4, 0.5) is 14.7 Å². The zero-order chi connectivity index (χ0) is 40.8. The predicted molar refractivity (Wildman–Crippen MR) is 209 cm³/mol. The highest BCUT2D eigenvalue weighted by molar-refractivity contribution is 7.14. The maximum absolute atomic E-state index is 13.7.